The molecule has 4 aromatic rings. The number of imidazole rings is 1. The molecule has 31 heavy (non-hydrogen) atoms. The van der Waals surface area contributed by atoms with Crippen molar-refractivity contribution in [2.24, 2.45) is 0 Å². The lowest BCUT2D eigenvalue weighted by Gasteiger charge is -2.26. The second-order valence-electron chi connectivity index (χ2n) is 7.95. The highest BCUT2D eigenvalue weighted by molar-refractivity contribution is 5.82. The van der Waals surface area contributed by atoms with E-state index < -0.39 is 11.6 Å². The molecule has 5 rings (SSSR count). The zero-order valence-electron chi connectivity index (χ0n) is 17.0. The molecule has 0 aliphatic carbocycles. The minimum absolute atomic E-state index is 0.180. The van der Waals surface area contributed by atoms with E-state index in [1.54, 1.807) is 12.3 Å². The van der Waals surface area contributed by atoms with Gasteiger partial charge >= 0.3 is 0 Å². The first kappa shape index (κ1) is 19.6. The predicted molar refractivity (Wildman–Crippen MR) is 118 cm³/mol. The average molecular weight is 419 g/mol. The molecule has 2 N–H and O–H groups in total. The number of fused-ring (bicyclic) bond motifs is 1. The van der Waals surface area contributed by atoms with E-state index in [9.17, 15) is 8.78 Å². The highest BCUT2D eigenvalue weighted by atomic mass is 19.2. The Morgan fingerprint density at radius 2 is 1.84 bits per heavy atom. The first-order valence-electron chi connectivity index (χ1n) is 10.5. The molecule has 7 heteroatoms. The topological polar surface area (TPSA) is 60.6 Å². The van der Waals surface area contributed by atoms with Crippen LogP contribution in [0.15, 0.2) is 42.6 Å². The minimum atomic E-state index is -0.868. The third kappa shape index (κ3) is 4.14. The molecule has 2 aromatic heterocycles. The van der Waals surface area contributed by atoms with Gasteiger partial charge in [0, 0.05) is 17.7 Å². The summed E-state index contributed by atoms with van der Waals surface area (Å²) in [4.78, 5) is 10.5. The number of piperidine rings is 1. The Morgan fingerprint density at radius 1 is 1.00 bits per heavy atom. The fourth-order valence-electron chi connectivity index (χ4n) is 4.09. The van der Waals surface area contributed by atoms with Crippen molar-refractivity contribution in [2.75, 3.05) is 13.1 Å². The maximum Gasteiger partial charge on any atom is 0.166 e. The van der Waals surface area contributed by atoms with E-state index in [0.29, 0.717) is 11.5 Å². The summed E-state index contributed by atoms with van der Waals surface area (Å²) < 4.78 is 27.4. The molecule has 1 fully saturated rings. The second-order valence-corrected chi connectivity index (χ2v) is 7.95. The molecule has 0 unspecified atom stereocenters. The van der Waals surface area contributed by atoms with E-state index in [0.717, 1.165) is 42.3 Å². The van der Waals surface area contributed by atoms with Crippen molar-refractivity contribution in [1.82, 2.24) is 25.1 Å². The monoisotopic (exact) mass is 419 g/mol. The van der Waals surface area contributed by atoms with Gasteiger partial charge in [-0.05, 0) is 49.7 Å². The number of aromatic nitrogens is 4. The van der Waals surface area contributed by atoms with E-state index in [2.05, 4.69) is 37.2 Å². The molecular formula is C24H23F2N5. The van der Waals surface area contributed by atoms with Crippen molar-refractivity contribution >= 4 is 23.2 Å². The van der Waals surface area contributed by atoms with Gasteiger partial charge in [-0.3, -0.25) is 10.00 Å². The van der Waals surface area contributed by atoms with Gasteiger partial charge in [-0.25, -0.2) is 13.8 Å². The van der Waals surface area contributed by atoms with E-state index in [-0.39, 0.29) is 5.56 Å². The van der Waals surface area contributed by atoms with Crippen molar-refractivity contribution in [3.63, 3.8) is 0 Å². The Kier molecular flexibility index (Phi) is 5.34. The number of nitrogens with one attached hydrogen (secondary N) is 2. The van der Waals surface area contributed by atoms with Crippen molar-refractivity contribution < 1.29 is 8.78 Å². The SMILES string of the molecule is Fc1cccc(/C=C/c2cn[nH]c2-c2nc3ccc(CN4CCCCC4)cc3[nH]2)c1F. The summed E-state index contributed by atoms with van der Waals surface area (Å²) in [5, 5.41) is 7.06. The number of hydrogen-bond donors (Lipinski definition) is 2. The van der Waals surface area contributed by atoms with Gasteiger partial charge in [0.15, 0.2) is 17.5 Å². The summed E-state index contributed by atoms with van der Waals surface area (Å²) in [5.74, 6) is -1.08. The van der Waals surface area contributed by atoms with Gasteiger partial charge in [-0.2, -0.15) is 5.10 Å². The van der Waals surface area contributed by atoms with Crippen LogP contribution in [0.4, 0.5) is 8.78 Å². The number of benzene rings is 2. The van der Waals surface area contributed by atoms with E-state index >= 15 is 0 Å². The molecule has 1 aliphatic rings. The van der Waals surface area contributed by atoms with Crippen LogP contribution >= 0.6 is 0 Å². The number of hydrogen-bond acceptors (Lipinski definition) is 3. The maximum atomic E-state index is 13.9. The smallest absolute Gasteiger partial charge is 0.166 e. The highest BCUT2D eigenvalue weighted by Gasteiger charge is 2.14. The summed E-state index contributed by atoms with van der Waals surface area (Å²) in [5.41, 5.74) is 4.71. The van der Waals surface area contributed by atoms with Crippen molar-refractivity contribution in [3.05, 3.63) is 70.9 Å². The Balaban J connectivity index is 1.40. The molecule has 0 bridgehead atoms. The van der Waals surface area contributed by atoms with Gasteiger partial charge in [0.05, 0.1) is 17.2 Å². The van der Waals surface area contributed by atoms with Gasteiger partial charge < -0.3 is 4.98 Å². The second kappa shape index (κ2) is 8.43. The van der Waals surface area contributed by atoms with Crippen LogP contribution in [0.5, 0.6) is 0 Å². The third-order valence-electron chi connectivity index (χ3n) is 5.73. The molecule has 0 atom stereocenters. The summed E-state index contributed by atoms with van der Waals surface area (Å²) in [6.45, 7) is 3.26. The van der Waals surface area contributed by atoms with Crippen LogP contribution in [0.2, 0.25) is 0 Å². The lowest BCUT2D eigenvalue weighted by Crippen LogP contribution is -2.29. The van der Waals surface area contributed by atoms with Crippen LogP contribution in [-0.4, -0.2) is 38.2 Å². The van der Waals surface area contributed by atoms with Gasteiger partial charge in [0.2, 0.25) is 0 Å². The first-order chi connectivity index (χ1) is 15.2. The molecule has 0 radical (unpaired) electrons. The van der Waals surface area contributed by atoms with Crippen LogP contribution in [0.3, 0.4) is 0 Å². The van der Waals surface area contributed by atoms with Crippen LogP contribution in [-0.2, 0) is 6.54 Å². The van der Waals surface area contributed by atoms with Crippen molar-refractivity contribution in [2.45, 2.75) is 25.8 Å². The average Bonchev–Trinajstić information content (AvgIpc) is 3.41. The molecule has 2 aromatic carbocycles. The lowest BCUT2D eigenvalue weighted by atomic mass is 10.1. The number of rotatable bonds is 5. The van der Waals surface area contributed by atoms with E-state index in [1.807, 2.05) is 6.07 Å². The largest absolute Gasteiger partial charge is 0.337 e. The minimum Gasteiger partial charge on any atom is -0.337 e. The normalized spacial score (nSPS) is 15.3. The predicted octanol–water partition coefficient (Wildman–Crippen LogP) is 5.39. The molecule has 3 heterocycles. The van der Waals surface area contributed by atoms with E-state index in [1.165, 1.54) is 43.0 Å². The third-order valence-corrected chi connectivity index (χ3v) is 5.73. The molecule has 0 spiro atoms. The number of halogens is 2. The Bertz CT molecular complexity index is 1230. The Morgan fingerprint density at radius 3 is 2.71 bits per heavy atom. The Hall–Kier alpha value is -3.32. The molecule has 0 saturated carbocycles. The number of likely N-dealkylation sites (tertiary alicyclic amines) is 1. The van der Waals surface area contributed by atoms with Gasteiger partial charge in [-0.15, -0.1) is 0 Å². The zero-order valence-corrected chi connectivity index (χ0v) is 17.0. The van der Waals surface area contributed by atoms with Crippen LogP contribution in [0.25, 0.3) is 34.7 Å². The quantitative estimate of drug-likeness (QED) is 0.456. The number of H-pyrrole nitrogens is 2. The zero-order chi connectivity index (χ0) is 21.2. The Labute approximate surface area is 178 Å². The lowest BCUT2D eigenvalue weighted by molar-refractivity contribution is 0.221. The molecule has 0 amide bonds. The van der Waals surface area contributed by atoms with Crippen molar-refractivity contribution in [1.29, 1.82) is 0 Å². The van der Waals surface area contributed by atoms with Crippen LogP contribution in [0, 0.1) is 11.6 Å². The van der Waals surface area contributed by atoms with Crippen molar-refractivity contribution in [3.8, 4) is 11.5 Å². The highest BCUT2D eigenvalue weighted by Crippen LogP contribution is 2.25. The maximum absolute atomic E-state index is 13.9. The number of aromatic amines is 2. The summed E-state index contributed by atoms with van der Waals surface area (Å²) in [6.07, 6.45) is 8.74. The fourth-order valence-corrected chi connectivity index (χ4v) is 4.09. The fraction of sp³-hybridized carbons (Fsp3) is 0.250. The first-order valence-corrected chi connectivity index (χ1v) is 10.5. The summed E-state index contributed by atoms with van der Waals surface area (Å²) in [6, 6.07) is 10.4. The molecule has 158 valence electrons. The van der Waals surface area contributed by atoms with Crippen LogP contribution in [0.1, 0.15) is 36.0 Å². The van der Waals surface area contributed by atoms with Gasteiger partial charge in [0.1, 0.15) is 5.69 Å². The van der Waals surface area contributed by atoms with Gasteiger partial charge in [0.25, 0.3) is 0 Å². The summed E-state index contributed by atoms with van der Waals surface area (Å²) >= 11 is 0. The molecule has 5 nitrogen and oxygen atoms in total. The molecule has 1 saturated heterocycles. The van der Waals surface area contributed by atoms with Gasteiger partial charge in [-0.1, -0.05) is 36.8 Å². The molecular weight excluding hydrogens is 396 g/mol. The molecule has 1 aliphatic heterocycles. The standard InChI is InChI=1S/C24H23F2N5/c25-19-6-4-5-17(22(19)26)8-9-18-14-27-30-23(18)24-28-20-10-7-16(13-21(20)29-24)15-31-11-2-1-3-12-31/h4-10,13-14H,1-3,11-12,15H2,(H,27,30)(H,28,29)/b9-8+. The number of nitrogens with zero attached hydrogens (tertiary/aromatic N) is 3. The van der Waals surface area contributed by atoms with Crippen LogP contribution < -0.4 is 0 Å². The van der Waals surface area contributed by atoms with E-state index in [4.69, 9.17) is 0 Å². The summed E-state index contributed by atoms with van der Waals surface area (Å²) in [7, 11) is 0.